The van der Waals surface area contributed by atoms with E-state index < -0.39 is 0 Å². The van der Waals surface area contributed by atoms with Crippen molar-refractivity contribution in [3.63, 3.8) is 0 Å². The molecule has 0 radical (unpaired) electrons. The maximum Gasteiger partial charge on any atom is 0.238 e. The van der Waals surface area contributed by atoms with Crippen LogP contribution in [-0.4, -0.2) is 19.5 Å². The predicted molar refractivity (Wildman–Crippen MR) is 266 cm³/mol. The first-order chi connectivity index (χ1) is 31.4. The van der Waals surface area contributed by atoms with E-state index in [0.29, 0.717) is 17.6 Å². The number of rotatable bonds is 8. The third kappa shape index (κ3) is 6.30. The van der Waals surface area contributed by atoms with Crippen molar-refractivity contribution in [1.29, 1.82) is 0 Å². The number of hydrogen-bond donors (Lipinski definition) is 0. The lowest BCUT2D eigenvalue weighted by molar-refractivity contribution is 0.660. The molecule has 5 heteroatoms. The zero-order valence-corrected chi connectivity index (χ0v) is 35.9. The number of terminal acetylenes is 1. The summed E-state index contributed by atoms with van der Waals surface area (Å²) in [6, 6.07) is 64.3. The van der Waals surface area contributed by atoms with E-state index in [1.807, 2.05) is 79.7 Å². The van der Waals surface area contributed by atoms with Gasteiger partial charge in [0, 0.05) is 44.3 Å². The van der Waals surface area contributed by atoms with Gasteiger partial charge < -0.3 is 4.90 Å². The molecule has 304 valence electrons. The largest absolute Gasteiger partial charge is 0.310 e. The molecule has 0 saturated carbocycles. The Hall–Kier alpha value is -8.33. The number of hydrogen-bond acceptors (Lipinski definition) is 4. The fourth-order valence-corrected chi connectivity index (χ4v) is 9.68. The second-order valence-corrected chi connectivity index (χ2v) is 16.8. The van der Waals surface area contributed by atoms with Crippen molar-refractivity contribution in [2.75, 3.05) is 4.90 Å². The van der Waals surface area contributed by atoms with Crippen LogP contribution in [0.1, 0.15) is 37.5 Å². The number of aromatic nitrogens is 4. The molecule has 0 amide bonds. The molecule has 0 N–H and O–H groups in total. The van der Waals surface area contributed by atoms with E-state index in [9.17, 15) is 0 Å². The van der Waals surface area contributed by atoms with Gasteiger partial charge in [-0.15, -0.1) is 6.42 Å². The molecular weight excluding hydrogens is 779 g/mol. The molecule has 0 saturated heterocycles. The van der Waals surface area contributed by atoms with E-state index in [0.717, 1.165) is 71.9 Å². The molecule has 0 fully saturated rings. The fourth-order valence-electron chi connectivity index (χ4n) is 9.68. The molecule has 8 aromatic carbocycles. The van der Waals surface area contributed by atoms with E-state index in [4.69, 9.17) is 21.4 Å². The molecule has 64 heavy (non-hydrogen) atoms. The highest BCUT2D eigenvalue weighted by Crippen LogP contribution is 2.51. The first-order valence-corrected chi connectivity index (χ1v) is 21.7. The summed E-state index contributed by atoms with van der Waals surface area (Å²) < 4.78 is 2.22. The normalized spacial score (nSPS) is 13.1. The van der Waals surface area contributed by atoms with Gasteiger partial charge in [0.2, 0.25) is 5.95 Å². The fraction of sp³-hybridized carbons (Fsp3) is 0.0678. The maximum atomic E-state index is 5.99. The number of anilines is 3. The average Bonchev–Trinajstić information content (AvgIpc) is 3.80. The summed E-state index contributed by atoms with van der Waals surface area (Å²) in [6.45, 7) is 6.68. The van der Waals surface area contributed by atoms with Gasteiger partial charge in [-0.1, -0.05) is 178 Å². The summed E-state index contributed by atoms with van der Waals surface area (Å²) in [5, 5.41) is 4.56. The molecule has 10 aromatic rings. The smallest absolute Gasteiger partial charge is 0.238 e. The van der Waals surface area contributed by atoms with Crippen LogP contribution >= 0.6 is 0 Å². The van der Waals surface area contributed by atoms with Crippen molar-refractivity contribution >= 4 is 55.2 Å². The van der Waals surface area contributed by atoms with Crippen molar-refractivity contribution in [3.8, 4) is 52.2 Å². The monoisotopic (exact) mass is 821 g/mol. The molecule has 1 aliphatic carbocycles. The molecule has 0 unspecified atom stereocenters. The lowest BCUT2D eigenvalue weighted by atomic mass is 9.82. The van der Waals surface area contributed by atoms with Crippen LogP contribution < -0.4 is 4.90 Å². The van der Waals surface area contributed by atoms with Crippen molar-refractivity contribution < 1.29 is 0 Å². The van der Waals surface area contributed by atoms with Crippen molar-refractivity contribution in [3.05, 3.63) is 217 Å². The summed E-state index contributed by atoms with van der Waals surface area (Å²) in [4.78, 5) is 18.0. The van der Waals surface area contributed by atoms with Gasteiger partial charge in [-0.2, -0.15) is 9.97 Å². The van der Waals surface area contributed by atoms with Crippen molar-refractivity contribution in [2.24, 2.45) is 0 Å². The molecule has 11 rings (SSSR count). The van der Waals surface area contributed by atoms with Gasteiger partial charge >= 0.3 is 0 Å². The molecule has 0 bridgehead atoms. The van der Waals surface area contributed by atoms with Crippen LogP contribution in [0.15, 0.2) is 200 Å². The highest BCUT2D eigenvalue weighted by molar-refractivity contribution is 6.21. The van der Waals surface area contributed by atoms with Crippen LogP contribution in [0.5, 0.6) is 0 Å². The summed E-state index contributed by atoms with van der Waals surface area (Å²) in [5.41, 5.74) is 13.8. The zero-order valence-electron chi connectivity index (χ0n) is 35.9. The number of allylic oxidation sites excluding steroid dienone is 4. The Labute approximate surface area is 373 Å². The lowest BCUT2D eigenvalue weighted by Gasteiger charge is -2.30. The third-order valence-electron chi connectivity index (χ3n) is 12.7. The SMILES string of the molecule is C#C/C=C(\C=C/C)c1ccccc1N(c1ccc2c(c1)C(C)(C)c1ccccc1-2)c1ccc2c3c4ccccc4ccc3n(-c3nc(-c4ccccc4)nc(-c4ccccc4)n3)c2c1. The molecule has 0 aliphatic heterocycles. The van der Waals surface area contributed by atoms with E-state index in [2.05, 4.69) is 157 Å². The Balaban J connectivity index is 1.22. The van der Waals surface area contributed by atoms with Crippen LogP contribution in [-0.2, 0) is 5.41 Å². The van der Waals surface area contributed by atoms with Gasteiger partial charge in [-0.3, -0.25) is 4.57 Å². The number of nitrogens with zero attached hydrogens (tertiary/aromatic N) is 5. The summed E-state index contributed by atoms with van der Waals surface area (Å²) >= 11 is 0. The molecular formula is C59H43N5. The van der Waals surface area contributed by atoms with E-state index in [1.54, 1.807) is 0 Å². The van der Waals surface area contributed by atoms with Gasteiger partial charge in [0.1, 0.15) is 0 Å². The average molecular weight is 822 g/mol. The minimum atomic E-state index is -0.199. The molecule has 0 atom stereocenters. The Morgan fingerprint density at radius 2 is 1.23 bits per heavy atom. The van der Waals surface area contributed by atoms with Gasteiger partial charge in [-0.05, 0) is 88.0 Å². The standard InChI is InChI=1S/C59H43N5/c1-5-19-39(20-6-2)45-26-16-18-30-52(45)63(43-32-34-48-47-28-15-17-29-50(47)59(3,4)51(48)37-43)44-33-35-49-54(38-44)64(53-36-31-40-21-13-14-27-46(40)55(49)53)58-61-56(41-22-9-7-10-23-41)60-57(62-58)42-24-11-8-12-25-42/h1,6-38H,2-4H3/b20-6-,39-19+. The minimum Gasteiger partial charge on any atom is -0.310 e. The third-order valence-corrected chi connectivity index (χ3v) is 12.7. The second kappa shape index (κ2) is 15.5. The highest BCUT2D eigenvalue weighted by Gasteiger charge is 2.36. The Bertz CT molecular complexity index is 3490. The Morgan fingerprint density at radius 3 is 1.98 bits per heavy atom. The van der Waals surface area contributed by atoms with Crippen molar-refractivity contribution in [2.45, 2.75) is 26.2 Å². The van der Waals surface area contributed by atoms with Crippen LogP contribution in [0, 0.1) is 12.3 Å². The topological polar surface area (TPSA) is 46.8 Å². The van der Waals surface area contributed by atoms with E-state index in [-0.39, 0.29) is 5.41 Å². The van der Waals surface area contributed by atoms with Gasteiger partial charge in [0.05, 0.1) is 16.7 Å². The number of benzene rings is 8. The molecule has 2 heterocycles. The van der Waals surface area contributed by atoms with Crippen LogP contribution in [0.4, 0.5) is 17.1 Å². The number of para-hydroxylation sites is 1. The van der Waals surface area contributed by atoms with Crippen molar-refractivity contribution in [1.82, 2.24) is 19.5 Å². The Kier molecular flexibility index (Phi) is 9.37. The molecule has 1 aliphatic rings. The van der Waals surface area contributed by atoms with Crippen LogP contribution in [0.3, 0.4) is 0 Å². The lowest BCUT2D eigenvalue weighted by Crippen LogP contribution is -2.17. The van der Waals surface area contributed by atoms with E-state index in [1.165, 1.54) is 22.3 Å². The van der Waals surface area contributed by atoms with Crippen LogP contribution in [0.2, 0.25) is 0 Å². The van der Waals surface area contributed by atoms with Gasteiger partial charge in [-0.25, -0.2) is 4.98 Å². The summed E-state index contributed by atoms with van der Waals surface area (Å²) in [7, 11) is 0. The minimum absolute atomic E-state index is 0.199. The zero-order chi connectivity index (χ0) is 43.4. The quantitative estimate of drug-likeness (QED) is 0.113. The second-order valence-electron chi connectivity index (χ2n) is 16.8. The maximum absolute atomic E-state index is 5.99. The van der Waals surface area contributed by atoms with Gasteiger partial charge in [0.25, 0.3) is 0 Å². The van der Waals surface area contributed by atoms with Gasteiger partial charge in [0.15, 0.2) is 11.6 Å². The summed E-state index contributed by atoms with van der Waals surface area (Å²) in [6.07, 6.45) is 12.0. The number of fused-ring (bicyclic) bond motifs is 8. The van der Waals surface area contributed by atoms with Crippen LogP contribution in [0.25, 0.3) is 78.0 Å². The Morgan fingerprint density at radius 1 is 0.594 bits per heavy atom. The summed E-state index contributed by atoms with van der Waals surface area (Å²) in [5.74, 6) is 4.55. The molecule has 0 spiro atoms. The molecule has 5 nitrogen and oxygen atoms in total. The van der Waals surface area contributed by atoms with E-state index >= 15 is 0 Å². The highest BCUT2D eigenvalue weighted by atomic mass is 15.2. The first kappa shape index (κ1) is 38.6. The molecule has 2 aromatic heterocycles. The first-order valence-electron chi connectivity index (χ1n) is 21.7. The predicted octanol–water partition coefficient (Wildman–Crippen LogP) is 14.8.